The molecule has 0 saturated heterocycles. The zero-order chi connectivity index (χ0) is 14.6. The molecule has 0 atom stereocenters. The highest BCUT2D eigenvalue weighted by Crippen LogP contribution is 2.16. The van der Waals surface area contributed by atoms with Crippen molar-refractivity contribution in [3.8, 4) is 0 Å². The van der Waals surface area contributed by atoms with E-state index in [0.717, 1.165) is 30.8 Å². The SMILES string of the molecule is CCn1c(C)cc(C(=O)CN(C)CCC(C)C)c1C. The van der Waals surface area contributed by atoms with E-state index in [0.29, 0.717) is 12.5 Å². The zero-order valence-electron chi connectivity index (χ0n) is 13.3. The normalized spacial score (nSPS) is 11.6. The van der Waals surface area contributed by atoms with Crippen LogP contribution in [0.4, 0.5) is 0 Å². The van der Waals surface area contributed by atoms with Crippen LogP contribution in [0.1, 0.15) is 48.9 Å². The van der Waals surface area contributed by atoms with Gasteiger partial charge in [-0.15, -0.1) is 0 Å². The van der Waals surface area contributed by atoms with Gasteiger partial charge in [0.1, 0.15) is 0 Å². The van der Waals surface area contributed by atoms with E-state index in [2.05, 4.69) is 37.2 Å². The van der Waals surface area contributed by atoms with E-state index < -0.39 is 0 Å². The lowest BCUT2D eigenvalue weighted by Crippen LogP contribution is -2.28. The van der Waals surface area contributed by atoms with Crippen LogP contribution >= 0.6 is 0 Å². The summed E-state index contributed by atoms with van der Waals surface area (Å²) in [7, 11) is 2.03. The van der Waals surface area contributed by atoms with Gasteiger partial charge in [-0.05, 0) is 52.8 Å². The summed E-state index contributed by atoms with van der Waals surface area (Å²) < 4.78 is 2.20. The van der Waals surface area contributed by atoms with E-state index >= 15 is 0 Å². The average Bonchev–Trinajstić information content (AvgIpc) is 2.61. The van der Waals surface area contributed by atoms with Gasteiger partial charge in [-0.25, -0.2) is 0 Å². The maximum Gasteiger partial charge on any atom is 0.178 e. The van der Waals surface area contributed by atoms with Crippen molar-refractivity contribution in [3.63, 3.8) is 0 Å². The second-order valence-electron chi connectivity index (χ2n) is 5.87. The Labute approximate surface area is 117 Å². The van der Waals surface area contributed by atoms with Gasteiger partial charge in [-0.1, -0.05) is 13.8 Å². The number of nitrogens with zero attached hydrogens (tertiary/aromatic N) is 2. The molecule has 1 aromatic rings. The van der Waals surface area contributed by atoms with Gasteiger partial charge < -0.3 is 4.57 Å². The summed E-state index contributed by atoms with van der Waals surface area (Å²) >= 11 is 0. The van der Waals surface area contributed by atoms with Gasteiger partial charge in [0, 0.05) is 23.5 Å². The van der Waals surface area contributed by atoms with E-state index in [-0.39, 0.29) is 5.78 Å². The zero-order valence-corrected chi connectivity index (χ0v) is 13.3. The number of ketones is 1. The molecule has 0 N–H and O–H groups in total. The predicted octanol–water partition coefficient (Wildman–Crippen LogP) is 3.29. The van der Waals surface area contributed by atoms with E-state index in [1.807, 2.05) is 20.0 Å². The Bertz CT molecular complexity index is 432. The molecule has 3 heteroatoms. The molecule has 0 fully saturated rings. The molecule has 0 unspecified atom stereocenters. The topological polar surface area (TPSA) is 25.2 Å². The molecule has 0 saturated carbocycles. The summed E-state index contributed by atoms with van der Waals surface area (Å²) in [6.45, 7) is 13.1. The average molecular weight is 264 g/mol. The number of likely N-dealkylation sites (N-methyl/N-ethyl adjacent to an activating group) is 1. The Morgan fingerprint density at radius 1 is 1.37 bits per heavy atom. The first kappa shape index (κ1) is 16.0. The maximum absolute atomic E-state index is 12.3. The number of hydrogen-bond donors (Lipinski definition) is 0. The highest BCUT2D eigenvalue weighted by atomic mass is 16.1. The largest absolute Gasteiger partial charge is 0.349 e. The number of aryl methyl sites for hydroxylation is 1. The minimum absolute atomic E-state index is 0.235. The van der Waals surface area contributed by atoms with Crippen LogP contribution in [0.3, 0.4) is 0 Å². The fourth-order valence-electron chi connectivity index (χ4n) is 2.46. The number of Topliss-reactive ketones (excluding diaryl/α,β-unsaturated/α-hetero) is 1. The van der Waals surface area contributed by atoms with Gasteiger partial charge in [-0.2, -0.15) is 0 Å². The Kier molecular flexibility index (Phi) is 5.80. The van der Waals surface area contributed by atoms with Gasteiger partial charge in [0.15, 0.2) is 5.78 Å². The molecule has 1 heterocycles. The van der Waals surface area contributed by atoms with Crippen LogP contribution in [0.25, 0.3) is 0 Å². The predicted molar refractivity (Wildman–Crippen MR) is 80.9 cm³/mol. The van der Waals surface area contributed by atoms with E-state index in [9.17, 15) is 4.79 Å². The number of aromatic nitrogens is 1. The first-order valence-electron chi connectivity index (χ1n) is 7.25. The summed E-state index contributed by atoms with van der Waals surface area (Å²) in [6.07, 6.45) is 1.14. The van der Waals surface area contributed by atoms with Crippen LogP contribution in [-0.4, -0.2) is 35.4 Å². The molecular weight excluding hydrogens is 236 g/mol. The summed E-state index contributed by atoms with van der Waals surface area (Å²) in [5.74, 6) is 0.918. The number of hydrogen-bond acceptors (Lipinski definition) is 2. The van der Waals surface area contributed by atoms with Crippen molar-refractivity contribution >= 4 is 5.78 Å². The summed E-state index contributed by atoms with van der Waals surface area (Å²) in [5.41, 5.74) is 3.16. The van der Waals surface area contributed by atoms with Crippen LogP contribution in [0.5, 0.6) is 0 Å². The third-order valence-electron chi connectivity index (χ3n) is 3.69. The smallest absolute Gasteiger partial charge is 0.178 e. The Morgan fingerprint density at radius 2 is 2.00 bits per heavy atom. The number of rotatable bonds is 7. The van der Waals surface area contributed by atoms with Crippen molar-refractivity contribution in [3.05, 3.63) is 23.0 Å². The first-order chi connectivity index (χ1) is 8.86. The van der Waals surface area contributed by atoms with Crippen molar-refractivity contribution in [2.24, 2.45) is 5.92 Å². The fourth-order valence-corrected chi connectivity index (χ4v) is 2.46. The lowest BCUT2D eigenvalue weighted by Gasteiger charge is -2.17. The lowest BCUT2D eigenvalue weighted by molar-refractivity contribution is 0.0943. The van der Waals surface area contributed by atoms with Crippen LogP contribution in [0.15, 0.2) is 6.07 Å². The Morgan fingerprint density at radius 3 is 2.47 bits per heavy atom. The first-order valence-corrected chi connectivity index (χ1v) is 7.25. The minimum Gasteiger partial charge on any atom is -0.349 e. The monoisotopic (exact) mass is 264 g/mol. The molecule has 0 aliphatic rings. The van der Waals surface area contributed by atoms with Crippen molar-refractivity contribution in [1.29, 1.82) is 0 Å². The van der Waals surface area contributed by atoms with E-state index in [1.165, 1.54) is 5.69 Å². The molecule has 0 bridgehead atoms. The van der Waals surface area contributed by atoms with Crippen LogP contribution in [-0.2, 0) is 6.54 Å². The van der Waals surface area contributed by atoms with Gasteiger partial charge in [0.2, 0.25) is 0 Å². The van der Waals surface area contributed by atoms with Gasteiger partial charge >= 0.3 is 0 Å². The molecule has 0 spiro atoms. The van der Waals surface area contributed by atoms with Gasteiger partial charge in [0.25, 0.3) is 0 Å². The summed E-state index contributed by atoms with van der Waals surface area (Å²) in [6, 6.07) is 2.03. The molecule has 0 aromatic carbocycles. The van der Waals surface area contributed by atoms with Gasteiger partial charge in [-0.3, -0.25) is 9.69 Å². The molecule has 1 rings (SSSR count). The van der Waals surface area contributed by atoms with E-state index in [4.69, 9.17) is 0 Å². The van der Waals surface area contributed by atoms with Crippen LogP contribution in [0.2, 0.25) is 0 Å². The molecule has 1 aromatic heterocycles. The molecular formula is C16H28N2O. The quantitative estimate of drug-likeness (QED) is 0.706. The van der Waals surface area contributed by atoms with Crippen molar-refractivity contribution in [2.75, 3.05) is 20.1 Å². The standard InChI is InChI=1S/C16H28N2O/c1-7-18-13(4)10-15(14(18)5)16(19)11-17(6)9-8-12(2)3/h10,12H,7-9,11H2,1-6H3. The minimum atomic E-state index is 0.235. The molecule has 19 heavy (non-hydrogen) atoms. The van der Waals surface area contributed by atoms with E-state index in [1.54, 1.807) is 0 Å². The number of carbonyl (C=O) groups excluding carboxylic acids is 1. The lowest BCUT2D eigenvalue weighted by atomic mass is 10.1. The number of carbonyl (C=O) groups is 1. The van der Waals surface area contributed by atoms with Crippen LogP contribution < -0.4 is 0 Å². The molecule has 0 aliphatic heterocycles. The van der Waals surface area contributed by atoms with Crippen LogP contribution in [0, 0.1) is 19.8 Å². The third kappa shape index (κ3) is 4.20. The van der Waals surface area contributed by atoms with Crippen molar-refractivity contribution in [2.45, 2.75) is 47.6 Å². The molecule has 0 radical (unpaired) electrons. The molecule has 0 aliphatic carbocycles. The van der Waals surface area contributed by atoms with Gasteiger partial charge in [0.05, 0.1) is 6.54 Å². The second kappa shape index (κ2) is 6.90. The molecule has 108 valence electrons. The fraction of sp³-hybridized carbons (Fsp3) is 0.688. The maximum atomic E-state index is 12.3. The Hall–Kier alpha value is -1.09. The van der Waals surface area contributed by atoms with Crippen molar-refractivity contribution < 1.29 is 4.79 Å². The molecule has 3 nitrogen and oxygen atoms in total. The highest BCUT2D eigenvalue weighted by molar-refractivity contribution is 5.99. The summed E-state index contributed by atoms with van der Waals surface area (Å²) in [4.78, 5) is 14.5. The highest BCUT2D eigenvalue weighted by Gasteiger charge is 2.16. The third-order valence-corrected chi connectivity index (χ3v) is 3.69. The molecule has 0 amide bonds. The van der Waals surface area contributed by atoms with Crippen molar-refractivity contribution in [1.82, 2.24) is 9.47 Å². The summed E-state index contributed by atoms with van der Waals surface area (Å²) in [5, 5.41) is 0. The second-order valence-corrected chi connectivity index (χ2v) is 5.87. The Balaban J connectivity index is 2.68.